The van der Waals surface area contributed by atoms with Gasteiger partial charge in [0.05, 0.1) is 5.57 Å². The van der Waals surface area contributed by atoms with Crippen molar-refractivity contribution in [2.45, 2.75) is 33.7 Å². The molecule has 0 atom stereocenters. The highest BCUT2D eigenvalue weighted by Crippen LogP contribution is 2.33. The molecule has 5 heteroatoms. The van der Waals surface area contributed by atoms with Crippen molar-refractivity contribution in [3.05, 3.63) is 40.6 Å². The van der Waals surface area contributed by atoms with Crippen molar-refractivity contribution in [2.24, 2.45) is 0 Å². The van der Waals surface area contributed by atoms with Crippen LogP contribution in [0.5, 0.6) is 0 Å². The Morgan fingerprint density at radius 1 is 0.920 bits per heavy atom. The first kappa shape index (κ1) is 17.7. The van der Waals surface area contributed by atoms with Crippen LogP contribution in [0.1, 0.15) is 30.5 Å². The van der Waals surface area contributed by atoms with Crippen LogP contribution in [-0.2, 0) is 9.59 Å². The fourth-order valence-electron chi connectivity index (χ4n) is 3.48. The molecule has 2 heterocycles. The number of benzene rings is 1. The highest BCUT2D eigenvalue weighted by Gasteiger charge is 2.43. The standard InChI is InChI=1S/C20H27N3O2/c1-13(2)23-19(24)17(16-7-6-14(3)15(4)12-16)18(20(23)25)22-10-8-21(5)9-11-22/h6-7,12-13H,8-11H2,1-5H3. The lowest BCUT2D eigenvalue weighted by Gasteiger charge is -2.34. The predicted molar refractivity (Wildman–Crippen MR) is 98.9 cm³/mol. The number of carbonyl (C=O) groups excluding carboxylic acids is 2. The van der Waals surface area contributed by atoms with E-state index in [0.717, 1.165) is 37.3 Å². The van der Waals surface area contributed by atoms with Gasteiger partial charge in [0.15, 0.2) is 0 Å². The molecule has 2 amide bonds. The number of imide groups is 1. The zero-order valence-corrected chi connectivity index (χ0v) is 15.8. The SMILES string of the molecule is Cc1ccc(C2=C(N3CCN(C)CC3)C(=O)N(C(C)C)C2=O)cc1C. The molecular weight excluding hydrogens is 314 g/mol. The third-order valence-corrected chi connectivity index (χ3v) is 5.22. The van der Waals surface area contributed by atoms with Gasteiger partial charge in [-0.1, -0.05) is 18.2 Å². The van der Waals surface area contributed by atoms with E-state index in [1.54, 1.807) is 0 Å². The summed E-state index contributed by atoms with van der Waals surface area (Å²) in [6, 6.07) is 5.86. The summed E-state index contributed by atoms with van der Waals surface area (Å²) in [5.74, 6) is -0.324. The molecule has 1 aromatic carbocycles. The van der Waals surface area contributed by atoms with E-state index >= 15 is 0 Å². The van der Waals surface area contributed by atoms with Gasteiger partial charge in [0, 0.05) is 32.2 Å². The molecule has 1 fully saturated rings. The second-order valence-electron chi connectivity index (χ2n) is 7.39. The van der Waals surface area contributed by atoms with Gasteiger partial charge in [0.1, 0.15) is 5.70 Å². The van der Waals surface area contributed by atoms with Crippen LogP contribution in [0, 0.1) is 13.8 Å². The van der Waals surface area contributed by atoms with E-state index in [1.165, 1.54) is 10.5 Å². The molecule has 25 heavy (non-hydrogen) atoms. The number of hydrogen-bond donors (Lipinski definition) is 0. The normalized spacial score (nSPS) is 19.6. The topological polar surface area (TPSA) is 43.9 Å². The smallest absolute Gasteiger partial charge is 0.278 e. The molecule has 0 radical (unpaired) electrons. The molecule has 5 nitrogen and oxygen atoms in total. The van der Waals surface area contributed by atoms with Crippen molar-refractivity contribution in [1.29, 1.82) is 0 Å². The summed E-state index contributed by atoms with van der Waals surface area (Å²) in [5, 5.41) is 0. The van der Waals surface area contributed by atoms with E-state index in [9.17, 15) is 9.59 Å². The number of nitrogens with zero attached hydrogens (tertiary/aromatic N) is 3. The highest BCUT2D eigenvalue weighted by atomic mass is 16.2. The highest BCUT2D eigenvalue weighted by molar-refractivity contribution is 6.35. The number of aryl methyl sites for hydroxylation is 2. The Morgan fingerprint density at radius 2 is 1.56 bits per heavy atom. The molecule has 0 saturated carbocycles. The van der Waals surface area contributed by atoms with E-state index < -0.39 is 0 Å². The second-order valence-corrected chi connectivity index (χ2v) is 7.39. The minimum Gasteiger partial charge on any atom is -0.364 e. The Morgan fingerprint density at radius 3 is 2.12 bits per heavy atom. The summed E-state index contributed by atoms with van der Waals surface area (Å²) < 4.78 is 0. The van der Waals surface area contributed by atoms with Gasteiger partial charge in [-0.15, -0.1) is 0 Å². The van der Waals surface area contributed by atoms with Gasteiger partial charge < -0.3 is 9.80 Å². The fourth-order valence-corrected chi connectivity index (χ4v) is 3.48. The van der Waals surface area contributed by atoms with Crippen LogP contribution in [0.25, 0.3) is 5.57 Å². The Hall–Kier alpha value is -2.14. The van der Waals surface area contributed by atoms with E-state index in [2.05, 4.69) is 23.8 Å². The first-order valence-electron chi connectivity index (χ1n) is 8.94. The van der Waals surface area contributed by atoms with Crippen molar-refractivity contribution in [1.82, 2.24) is 14.7 Å². The Bertz CT molecular complexity index is 743. The van der Waals surface area contributed by atoms with Crippen LogP contribution < -0.4 is 0 Å². The zero-order valence-electron chi connectivity index (χ0n) is 15.8. The molecule has 1 aromatic rings. The van der Waals surface area contributed by atoms with Gasteiger partial charge in [-0.25, -0.2) is 0 Å². The third kappa shape index (κ3) is 3.09. The van der Waals surface area contributed by atoms with Gasteiger partial charge in [0.25, 0.3) is 11.8 Å². The molecule has 134 valence electrons. The van der Waals surface area contributed by atoms with Crippen LogP contribution in [0.4, 0.5) is 0 Å². The minimum atomic E-state index is -0.169. The van der Waals surface area contributed by atoms with Gasteiger partial charge in [-0.05, 0) is 51.4 Å². The van der Waals surface area contributed by atoms with E-state index in [0.29, 0.717) is 11.3 Å². The van der Waals surface area contributed by atoms with Gasteiger partial charge in [-0.3, -0.25) is 14.5 Å². The van der Waals surface area contributed by atoms with Crippen LogP contribution in [0.15, 0.2) is 23.9 Å². The molecule has 0 aromatic heterocycles. The zero-order chi connectivity index (χ0) is 18.3. The Balaban J connectivity index is 2.10. The van der Waals surface area contributed by atoms with Gasteiger partial charge >= 0.3 is 0 Å². The molecule has 0 N–H and O–H groups in total. The third-order valence-electron chi connectivity index (χ3n) is 5.22. The van der Waals surface area contributed by atoms with Crippen LogP contribution in [0.2, 0.25) is 0 Å². The monoisotopic (exact) mass is 341 g/mol. The number of carbonyl (C=O) groups is 2. The maximum absolute atomic E-state index is 13.1. The van der Waals surface area contributed by atoms with E-state index in [4.69, 9.17) is 0 Å². The molecule has 3 rings (SSSR count). The molecule has 0 aliphatic carbocycles. The van der Waals surface area contributed by atoms with Crippen molar-refractivity contribution < 1.29 is 9.59 Å². The second kappa shape index (κ2) is 6.64. The van der Waals surface area contributed by atoms with E-state index in [-0.39, 0.29) is 17.9 Å². The predicted octanol–water partition coefficient (Wildman–Crippen LogP) is 2.04. The van der Waals surface area contributed by atoms with Gasteiger partial charge in [0.2, 0.25) is 0 Å². The van der Waals surface area contributed by atoms with Crippen molar-refractivity contribution in [3.63, 3.8) is 0 Å². The van der Waals surface area contributed by atoms with Crippen LogP contribution in [-0.4, -0.2) is 65.8 Å². The number of piperazine rings is 1. The van der Waals surface area contributed by atoms with Crippen molar-refractivity contribution >= 4 is 17.4 Å². The number of rotatable bonds is 3. The molecule has 0 unspecified atom stereocenters. The quantitative estimate of drug-likeness (QED) is 0.789. The summed E-state index contributed by atoms with van der Waals surface area (Å²) in [6.07, 6.45) is 0. The summed E-state index contributed by atoms with van der Waals surface area (Å²) in [4.78, 5) is 31.9. The number of amides is 2. The largest absolute Gasteiger partial charge is 0.364 e. The maximum Gasteiger partial charge on any atom is 0.278 e. The minimum absolute atomic E-state index is 0.147. The fraction of sp³-hybridized carbons (Fsp3) is 0.500. The number of hydrogen-bond acceptors (Lipinski definition) is 4. The lowest BCUT2D eigenvalue weighted by Crippen LogP contribution is -2.46. The van der Waals surface area contributed by atoms with Crippen molar-refractivity contribution in [2.75, 3.05) is 33.2 Å². The summed E-state index contributed by atoms with van der Waals surface area (Å²) in [6.45, 7) is 11.2. The molecule has 0 bridgehead atoms. The molecule has 1 saturated heterocycles. The molecule has 2 aliphatic rings. The maximum atomic E-state index is 13.1. The van der Waals surface area contributed by atoms with Crippen LogP contribution >= 0.6 is 0 Å². The summed E-state index contributed by atoms with van der Waals surface area (Å²) >= 11 is 0. The molecular formula is C20H27N3O2. The average Bonchev–Trinajstić information content (AvgIpc) is 2.82. The Kier molecular flexibility index (Phi) is 4.69. The first-order chi connectivity index (χ1) is 11.8. The van der Waals surface area contributed by atoms with Crippen molar-refractivity contribution in [3.8, 4) is 0 Å². The molecule has 2 aliphatic heterocycles. The van der Waals surface area contributed by atoms with E-state index in [1.807, 2.05) is 39.0 Å². The first-order valence-corrected chi connectivity index (χ1v) is 8.94. The van der Waals surface area contributed by atoms with Crippen LogP contribution in [0.3, 0.4) is 0 Å². The lowest BCUT2D eigenvalue weighted by molar-refractivity contribution is -0.139. The molecule has 0 spiro atoms. The number of likely N-dealkylation sites (N-methyl/N-ethyl adjacent to an activating group) is 1. The lowest BCUT2D eigenvalue weighted by atomic mass is 9.99. The van der Waals surface area contributed by atoms with Gasteiger partial charge in [-0.2, -0.15) is 0 Å². The Labute approximate surface area is 149 Å². The summed E-state index contributed by atoms with van der Waals surface area (Å²) in [5.41, 5.74) is 4.30. The summed E-state index contributed by atoms with van der Waals surface area (Å²) in [7, 11) is 2.08. The average molecular weight is 341 g/mol.